The van der Waals surface area contributed by atoms with Gasteiger partial charge in [-0.15, -0.1) is 0 Å². The van der Waals surface area contributed by atoms with Crippen molar-refractivity contribution in [2.45, 2.75) is 63.8 Å². The zero-order chi connectivity index (χ0) is 17.6. The lowest BCUT2D eigenvalue weighted by molar-refractivity contribution is -0.0965. The molecule has 1 aromatic carbocycles. The van der Waals surface area contributed by atoms with Crippen LogP contribution < -0.4 is 5.56 Å². The van der Waals surface area contributed by atoms with E-state index in [9.17, 15) is 9.90 Å². The molecule has 3 atom stereocenters. The molecule has 5 nitrogen and oxygen atoms in total. The molecule has 0 amide bonds. The molecule has 25 heavy (non-hydrogen) atoms. The third-order valence-electron chi connectivity index (χ3n) is 6.44. The largest absolute Gasteiger partial charge is 0.391 e. The lowest BCUT2D eigenvalue weighted by Gasteiger charge is -2.55. The Balaban J connectivity index is 1.63. The summed E-state index contributed by atoms with van der Waals surface area (Å²) in [6.45, 7) is 6.25. The Hall–Kier alpha value is -1.72. The number of aliphatic hydroxyl groups is 1. The molecule has 0 saturated carbocycles. The Kier molecular flexibility index (Phi) is 4.16. The maximum atomic E-state index is 12.8. The fourth-order valence-corrected chi connectivity index (χ4v) is 4.85. The molecule has 2 aliphatic rings. The number of hydrogen-bond donors (Lipinski definition) is 1. The highest BCUT2D eigenvalue weighted by Gasteiger charge is 2.46. The van der Waals surface area contributed by atoms with Gasteiger partial charge in [0.25, 0.3) is 5.56 Å². The van der Waals surface area contributed by atoms with E-state index in [1.165, 1.54) is 0 Å². The minimum atomic E-state index is -0.209. The summed E-state index contributed by atoms with van der Waals surface area (Å²) >= 11 is 0. The molecule has 0 unspecified atom stereocenters. The number of rotatable bonds is 2. The van der Waals surface area contributed by atoms with Gasteiger partial charge in [-0.25, -0.2) is 4.98 Å². The second-order valence-corrected chi connectivity index (χ2v) is 8.12. The standard InChI is InChI=1S/C20H27N3O2/c1-20(2)14(9-10-17-18(24)8-5-11-23(17)20)12-22-13-21-16-7-4-3-6-15(16)19(22)25/h3-4,6-7,13-14,17-18,24H,5,8-12H2,1-2H3/t14-,17-,18+/m1/s1. The van der Waals surface area contributed by atoms with Crippen molar-refractivity contribution in [1.82, 2.24) is 14.5 Å². The molecular weight excluding hydrogens is 314 g/mol. The summed E-state index contributed by atoms with van der Waals surface area (Å²) in [4.78, 5) is 19.8. The van der Waals surface area contributed by atoms with Crippen LogP contribution in [0.25, 0.3) is 10.9 Å². The fraction of sp³-hybridized carbons (Fsp3) is 0.600. The third kappa shape index (κ3) is 2.79. The van der Waals surface area contributed by atoms with E-state index in [1.807, 2.05) is 24.3 Å². The predicted molar refractivity (Wildman–Crippen MR) is 98.5 cm³/mol. The van der Waals surface area contributed by atoms with Crippen LogP contribution >= 0.6 is 0 Å². The topological polar surface area (TPSA) is 58.4 Å². The number of benzene rings is 1. The van der Waals surface area contributed by atoms with Crippen molar-refractivity contribution in [3.63, 3.8) is 0 Å². The molecule has 3 heterocycles. The van der Waals surface area contributed by atoms with Crippen molar-refractivity contribution in [2.24, 2.45) is 5.92 Å². The highest BCUT2D eigenvalue weighted by molar-refractivity contribution is 5.76. The number of piperidine rings is 2. The van der Waals surface area contributed by atoms with Crippen LogP contribution in [-0.2, 0) is 6.54 Å². The van der Waals surface area contributed by atoms with Crippen molar-refractivity contribution in [3.05, 3.63) is 40.9 Å². The Morgan fingerprint density at radius 1 is 1.24 bits per heavy atom. The van der Waals surface area contributed by atoms with Crippen LogP contribution in [0.3, 0.4) is 0 Å². The third-order valence-corrected chi connectivity index (χ3v) is 6.44. The number of para-hydroxylation sites is 1. The van der Waals surface area contributed by atoms with Gasteiger partial charge in [0, 0.05) is 18.1 Å². The molecule has 0 spiro atoms. The summed E-state index contributed by atoms with van der Waals surface area (Å²) in [6.07, 6.45) is 5.48. The smallest absolute Gasteiger partial charge is 0.261 e. The van der Waals surface area contributed by atoms with Crippen LogP contribution in [0.2, 0.25) is 0 Å². The van der Waals surface area contributed by atoms with Crippen LogP contribution in [-0.4, -0.2) is 43.8 Å². The van der Waals surface area contributed by atoms with Gasteiger partial charge in [-0.3, -0.25) is 14.3 Å². The van der Waals surface area contributed by atoms with Gasteiger partial charge in [0.15, 0.2) is 0 Å². The molecule has 1 N–H and O–H groups in total. The molecule has 134 valence electrons. The van der Waals surface area contributed by atoms with Crippen molar-refractivity contribution in [3.8, 4) is 0 Å². The van der Waals surface area contributed by atoms with E-state index in [2.05, 4.69) is 23.7 Å². The van der Waals surface area contributed by atoms with E-state index in [4.69, 9.17) is 0 Å². The number of aromatic nitrogens is 2. The Morgan fingerprint density at radius 3 is 2.88 bits per heavy atom. The van der Waals surface area contributed by atoms with Gasteiger partial charge in [-0.1, -0.05) is 12.1 Å². The second-order valence-electron chi connectivity index (χ2n) is 8.12. The Bertz CT molecular complexity index is 829. The lowest BCUT2D eigenvalue weighted by Crippen LogP contribution is -2.63. The van der Waals surface area contributed by atoms with Crippen molar-refractivity contribution in [1.29, 1.82) is 0 Å². The Morgan fingerprint density at radius 2 is 2.04 bits per heavy atom. The number of nitrogens with zero attached hydrogens (tertiary/aromatic N) is 3. The van der Waals surface area contributed by atoms with Crippen LogP contribution in [0.4, 0.5) is 0 Å². The quantitative estimate of drug-likeness (QED) is 0.911. The first kappa shape index (κ1) is 16.7. The summed E-state index contributed by atoms with van der Waals surface area (Å²) in [5.74, 6) is 0.370. The average molecular weight is 341 g/mol. The first-order chi connectivity index (χ1) is 12.0. The zero-order valence-electron chi connectivity index (χ0n) is 15.1. The van der Waals surface area contributed by atoms with Crippen LogP contribution in [0.1, 0.15) is 39.5 Å². The molecule has 0 bridgehead atoms. The number of fused-ring (bicyclic) bond motifs is 2. The van der Waals surface area contributed by atoms with E-state index in [0.29, 0.717) is 17.8 Å². The molecule has 0 aliphatic carbocycles. The summed E-state index contributed by atoms with van der Waals surface area (Å²) in [5, 5.41) is 11.1. The van der Waals surface area contributed by atoms with Gasteiger partial charge in [-0.2, -0.15) is 0 Å². The summed E-state index contributed by atoms with van der Waals surface area (Å²) in [7, 11) is 0. The normalized spacial score (nSPS) is 29.5. The minimum Gasteiger partial charge on any atom is -0.391 e. The molecule has 1 aromatic heterocycles. The molecule has 4 rings (SSSR count). The molecule has 2 saturated heterocycles. The van der Waals surface area contributed by atoms with Gasteiger partial charge in [0.05, 0.1) is 23.3 Å². The highest BCUT2D eigenvalue weighted by atomic mass is 16.3. The maximum absolute atomic E-state index is 12.8. The number of hydrogen-bond acceptors (Lipinski definition) is 4. The van der Waals surface area contributed by atoms with Crippen LogP contribution in [0.15, 0.2) is 35.4 Å². The number of aliphatic hydroxyl groups excluding tert-OH is 1. The zero-order valence-corrected chi connectivity index (χ0v) is 15.1. The second kappa shape index (κ2) is 6.22. The van der Waals surface area contributed by atoms with Gasteiger partial charge >= 0.3 is 0 Å². The summed E-state index contributed by atoms with van der Waals surface area (Å²) in [6, 6.07) is 7.80. The molecular formula is C20H27N3O2. The van der Waals surface area contributed by atoms with Crippen LogP contribution in [0, 0.1) is 5.92 Å². The highest BCUT2D eigenvalue weighted by Crippen LogP contribution is 2.41. The summed E-state index contributed by atoms with van der Waals surface area (Å²) in [5.41, 5.74) is 0.767. The van der Waals surface area contributed by atoms with Gasteiger partial charge in [0.1, 0.15) is 0 Å². The molecule has 2 aromatic rings. The van der Waals surface area contributed by atoms with Gasteiger partial charge in [-0.05, 0) is 64.1 Å². The molecule has 2 aliphatic heterocycles. The monoisotopic (exact) mass is 341 g/mol. The average Bonchev–Trinajstić information content (AvgIpc) is 2.60. The fourth-order valence-electron chi connectivity index (χ4n) is 4.85. The van der Waals surface area contributed by atoms with E-state index >= 15 is 0 Å². The van der Waals surface area contributed by atoms with E-state index in [1.54, 1.807) is 10.9 Å². The van der Waals surface area contributed by atoms with Gasteiger partial charge < -0.3 is 5.11 Å². The van der Waals surface area contributed by atoms with E-state index in [0.717, 1.165) is 37.7 Å². The van der Waals surface area contributed by atoms with Crippen molar-refractivity contribution in [2.75, 3.05) is 6.54 Å². The first-order valence-electron chi connectivity index (χ1n) is 9.37. The minimum absolute atomic E-state index is 0.0323. The van der Waals surface area contributed by atoms with Crippen molar-refractivity contribution < 1.29 is 5.11 Å². The molecule has 5 heteroatoms. The van der Waals surface area contributed by atoms with E-state index in [-0.39, 0.29) is 23.2 Å². The molecule has 2 fully saturated rings. The predicted octanol–water partition coefficient (Wildman–Crippen LogP) is 2.41. The lowest BCUT2D eigenvalue weighted by atomic mass is 9.73. The molecule has 0 radical (unpaired) electrons. The van der Waals surface area contributed by atoms with E-state index < -0.39 is 0 Å². The van der Waals surface area contributed by atoms with Crippen molar-refractivity contribution >= 4 is 10.9 Å². The Labute approximate surface area is 148 Å². The summed E-state index contributed by atoms with van der Waals surface area (Å²) < 4.78 is 1.77. The van der Waals surface area contributed by atoms with Crippen LogP contribution in [0.5, 0.6) is 0 Å². The maximum Gasteiger partial charge on any atom is 0.261 e. The SMILES string of the molecule is CC1(C)[C@@H](Cn2cnc3ccccc3c2=O)CC[C@@H]2[C@@H](O)CCCN21. The van der Waals surface area contributed by atoms with Gasteiger partial charge in [0.2, 0.25) is 0 Å². The first-order valence-corrected chi connectivity index (χ1v) is 9.37.